The number of benzene rings is 3. The van der Waals surface area contributed by atoms with Crippen LogP contribution in [0.1, 0.15) is 20.7 Å². The summed E-state index contributed by atoms with van der Waals surface area (Å²) in [6, 6.07) is 17.2. The smallest absolute Gasteiger partial charge is 0.335 e. The largest absolute Gasteiger partial charge is 0.478 e. The third kappa shape index (κ3) is 2.93. The van der Waals surface area contributed by atoms with E-state index in [2.05, 4.69) is 9.97 Å². The van der Waals surface area contributed by atoms with Crippen molar-refractivity contribution in [3.05, 3.63) is 78.1 Å². The first-order chi connectivity index (χ1) is 13.0. The summed E-state index contributed by atoms with van der Waals surface area (Å²) in [5, 5.41) is 18.1. The monoisotopic (exact) mass is 358 g/mol. The highest BCUT2D eigenvalue weighted by atomic mass is 16.4. The quantitative estimate of drug-likeness (QED) is 0.505. The van der Waals surface area contributed by atoms with Crippen molar-refractivity contribution in [2.24, 2.45) is 0 Å². The molecule has 0 bridgehead atoms. The summed E-state index contributed by atoms with van der Waals surface area (Å²) in [7, 11) is 0. The summed E-state index contributed by atoms with van der Waals surface area (Å²) in [6.07, 6.45) is 1.61. The molecule has 132 valence electrons. The van der Waals surface area contributed by atoms with Gasteiger partial charge in [0.2, 0.25) is 0 Å². The highest BCUT2D eigenvalue weighted by Gasteiger charge is 2.13. The molecular weight excluding hydrogens is 344 g/mol. The van der Waals surface area contributed by atoms with Gasteiger partial charge in [0.1, 0.15) is 0 Å². The van der Waals surface area contributed by atoms with Gasteiger partial charge < -0.3 is 15.2 Å². The zero-order valence-corrected chi connectivity index (χ0v) is 14.0. The molecular formula is C21H14N2O4. The lowest BCUT2D eigenvalue weighted by Crippen LogP contribution is -1.95. The highest BCUT2D eigenvalue weighted by Crippen LogP contribution is 2.34. The van der Waals surface area contributed by atoms with Gasteiger partial charge in [-0.3, -0.25) is 0 Å². The molecule has 0 aliphatic carbocycles. The molecule has 0 saturated carbocycles. The van der Waals surface area contributed by atoms with Crippen LogP contribution < -0.4 is 0 Å². The Bertz CT molecular complexity index is 1070. The number of carboxylic acids is 2. The van der Waals surface area contributed by atoms with Crippen molar-refractivity contribution in [1.82, 2.24) is 9.97 Å². The fourth-order valence-electron chi connectivity index (χ4n) is 3.09. The number of fused-ring (bicyclic) bond motifs is 1. The lowest BCUT2D eigenvalue weighted by molar-refractivity contribution is 0.0686. The number of nitrogens with zero attached hydrogens (tertiary/aromatic N) is 1. The van der Waals surface area contributed by atoms with Crippen molar-refractivity contribution in [3.63, 3.8) is 0 Å². The molecule has 0 aliphatic rings. The van der Waals surface area contributed by atoms with Crippen LogP contribution >= 0.6 is 0 Å². The summed E-state index contributed by atoms with van der Waals surface area (Å²) >= 11 is 0. The van der Waals surface area contributed by atoms with E-state index in [1.54, 1.807) is 54.9 Å². The van der Waals surface area contributed by atoms with Crippen molar-refractivity contribution in [2.75, 3.05) is 0 Å². The van der Waals surface area contributed by atoms with Gasteiger partial charge in [-0.1, -0.05) is 36.4 Å². The Hall–Kier alpha value is -3.93. The van der Waals surface area contributed by atoms with E-state index in [0.29, 0.717) is 0 Å². The van der Waals surface area contributed by atoms with E-state index in [-0.39, 0.29) is 11.1 Å². The molecule has 27 heavy (non-hydrogen) atoms. The maximum absolute atomic E-state index is 11.0. The molecule has 3 N–H and O–H groups in total. The lowest BCUT2D eigenvalue weighted by atomic mass is 9.97. The predicted molar refractivity (Wildman–Crippen MR) is 101 cm³/mol. The maximum atomic E-state index is 11.0. The number of carbonyl (C=O) groups is 2. The molecule has 4 aromatic rings. The standard InChI is InChI=1S/C21H14N2O4/c24-20(25)14-5-1-12(2-6-14)16-9-10-17(19-18(16)22-11-23-19)13-3-7-15(8-4-13)21(26)27/h1-11H,(H,22,23)(H,24,25)(H,26,27). The first-order valence-corrected chi connectivity index (χ1v) is 8.18. The van der Waals surface area contributed by atoms with Gasteiger partial charge >= 0.3 is 11.9 Å². The second-order valence-electron chi connectivity index (χ2n) is 6.05. The van der Waals surface area contributed by atoms with E-state index >= 15 is 0 Å². The van der Waals surface area contributed by atoms with Gasteiger partial charge in [-0.05, 0) is 35.4 Å². The molecule has 0 spiro atoms. The molecule has 0 aliphatic heterocycles. The van der Waals surface area contributed by atoms with Gasteiger partial charge in [0.15, 0.2) is 0 Å². The van der Waals surface area contributed by atoms with E-state index in [0.717, 1.165) is 33.3 Å². The molecule has 4 rings (SSSR count). The van der Waals surface area contributed by atoms with Crippen LogP contribution in [-0.2, 0) is 0 Å². The minimum Gasteiger partial charge on any atom is -0.478 e. The van der Waals surface area contributed by atoms with Crippen molar-refractivity contribution in [1.29, 1.82) is 0 Å². The zero-order valence-electron chi connectivity index (χ0n) is 14.0. The number of carboxylic acid groups (broad SMARTS) is 2. The van der Waals surface area contributed by atoms with Gasteiger partial charge in [-0.2, -0.15) is 0 Å². The molecule has 0 radical (unpaired) electrons. The molecule has 0 saturated heterocycles. The minimum absolute atomic E-state index is 0.229. The molecule has 1 aromatic heterocycles. The summed E-state index contributed by atoms with van der Waals surface area (Å²) < 4.78 is 0. The van der Waals surface area contributed by atoms with E-state index < -0.39 is 11.9 Å². The summed E-state index contributed by atoms with van der Waals surface area (Å²) in [5.74, 6) is -1.93. The van der Waals surface area contributed by atoms with Crippen LogP contribution in [0.2, 0.25) is 0 Å². The molecule has 0 amide bonds. The minimum atomic E-state index is -0.966. The Balaban J connectivity index is 1.80. The maximum Gasteiger partial charge on any atom is 0.335 e. The Kier molecular flexibility index (Phi) is 3.93. The van der Waals surface area contributed by atoms with Crippen LogP contribution in [0.5, 0.6) is 0 Å². The third-order valence-corrected chi connectivity index (χ3v) is 4.47. The molecule has 6 nitrogen and oxygen atoms in total. The topological polar surface area (TPSA) is 103 Å². The lowest BCUT2D eigenvalue weighted by Gasteiger charge is -2.08. The van der Waals surface area contributed by atoms with Crippen LogP contribution in [0.25, 0.3) is 33.3 Å². The van der Waals surface area contributed by atoms with Crippen molar-refractivity contribution in [3.8, 4) is 22.3 Å². The van der Waals surface area contributed by atoms with Gasteiger partial charge in [0, 0.05) is 11.1 Å². The molecule has 0 fully saturated rings. The van der Waals surface area contributed by atoms with Gasteiger partial charge in [0.25, 0.3) is 0 Å². The highest BCUT2D eigenvalue weighted by molar-refractivity contribution is 6.01. The Labute approximate surface area is 153 Å². The number of imidazole rings is 1. The average Bonchev–Trinajstić information content (AvgIpc) is 3.17. The van der Waals surface area contributed by atoms with Crippen LogP contribution in [0, 0.1) is 0 Å². The average molecular weight is 358 g/mol. The molecule has 0 atom stereocenters. The summed E-state index contributed by atoms with van der Waals surface area (Å²) in [6.45, 7) is 0. The fraction of sp³-hybridized carbons (Fsp3) is 0. The summed E-state index contributed by atoms with van der Waals surface area (Å²) in [5.41, 5.74) is 5.59. The number of rotatable bonds is 4. The van der Waals surface area contributed by atoms with Crippen LogP contribution in [0.3, 0.4) is 0 Å². The van der Waals surface area contributed by atoms with Gasteiger partial charge in [-0.25, -0.2) is 14.6 Å². The van der Waals surface area contributed by atoms with E-state index in [1.807, 2.05) is 12.1 Å². The van der Waals surface area contributed by atoms with Crippen molar-refractivity contribution < 1.29 is 19.8 Å². The number of aromatic amines is 1. The number of aromatic carboxylic acids is 2. The molecule has 0 unspecified atom stereocenters. The van der Waals surface area contributed by atoms with Crippen molar-refractivity contribution >= 4 is 23.0 Å². The number of aromatic nitrogens is 2. The van der Waals surface area contributed by atoms with Gasteiger partial charge in [-0.15, -0.1) is 0 Å². The predicted octanol–water partition coefficient (Wildman–Crippen LogP) is 4.29. The Morgan fingerprint density at radius 1 is 0.704 bits per heavy atom. The zero-order chi connectivity index (χ0) is 19.0. The van der Waals surface area contributed by atoms with E-state index in [1.165, 1.54) is 0 Å². The van der Waals surface area contributed by atoms with E-state index in [4.69, 9.17) is 10.2 Å². The van der Waals surface area contributed by atoms with E-state index in [9.17, 15) is 9.59 Å². The Morgan fingerprint density at radius 2 is 1.19 bits per heavy atom. The molecule has 3 aromatic carbocycles. The normalized spacial score (nSPS) is 10.8. The second kappa shape index (κ2) is 6.42. The SMILES string of the molecule is O=C(O)c1ccc(-c2ccc(-c3ccc(C(=O)O)cc3)c3[nH]cnc23)cc1. The Morgan fingerprint density at radius 3 is 1.70 bits per heavy atom. The van der Waals surface area contributed by atoms with Gasteiger partial charge in [0.05, 0.1) is 28.5 Å². The number of H-pyrrole nitrogens is 1. The van der Waals surface area contributed by atoms with Crippen LogP contribution in [-0.4, -0.2) is 32.1 Å². The number of nitrogens with one attached hydrogen (secondary N) is 1. The summed E-state index contributed by atoms with van der Waals surface area (Å²) in [4.78, 5) is 29.6. The van der Waals surface area contributed by atoms with Crippen molar-refractivity contribution in [2.45, 2.75) is 0 Å². The molecule has 1 heterocycles. The first kappa shape index (κ1) is 16.5. The molecule has 6 heteroatoms. The second-order valence-corrected chi connectivity index (χ2v) is 6.05. The third-order valence-electron chi connectivity index (χ3n) is 4.47. The van der Waals surface area contributed by atoms with Crippen LogP contribution in [0.4, 0.5) is 0 Å². The number of hydrogen-bond donors (Lipinski definition) is 3. The first-order valence-electron chi connectivity index (χ1n) is 8.18. The number of hydrogen-bond acceptors (Lipinski definition) is 3. The van der Waals surface area contributed by atoms with Crippen LogP contribution in [0.15, 0.2) is 67.0 Å². The fourth-order valence-corrected chi connectivity index (χ4v) is 3.09.